The van der Waals surface area contributed by atoms with Crippen molar-refractivity contribution in [1.29, 1.82) is 0 Å². The molecule has 0 heterocycles. The largest absolute Gasteiger partial charge is 0.481 e. The number of hydrogen-bond donors (Lipinski definition) is 18. The first-order valence-corrected chi connectivity index (χ1v) is 21.1. The van der Waals surface area contributed by atoms with Crippen LogP contribution in [0.5, 0.6) is 0 Å². The third-order valence-electron chi connectivity index (χ3n) is 8.85. The zero-order valence-electron chi connectivity index (χ0n) is 36.0. The van der Waals surface area contributed by atoms with Crippen molar-refractivity contribution in [2.45, 2.75) is 114 Å². The van der Waals surface area contributed by atoms with E-state index in [0.717, 1.165) is 6.92 Å². The minimum Gasteiger partial charge on any atom is -0.481 e. The van der Waals surface area contributed by atoms with Crippen LogP contribution in [0.15, 0.2) is 9.98 Å². The molecule has 0 aromatic heterocycles. The molecule has 0 spiro atoms. The number of carbonyl (C=O) groups excluding carboxylic acids is 8. The second kappa shape index (κ2) is 30.1. The van der Waals surface area contributed by atoms with E-state index in [2.05, 4.69) is 72.5 Å². The first-order chi connectivity index (χ1) is 30.2. The number of carboxylic acids is 2. The van der Waals surface area contributed by atoms with Gasteiger partial charge in [0.25, 0.3) is 0 Å². The fourth-order valence-corrected chi connectivity index (χ4v) is 5.92. The molecule has 22 N–H and O–H groups in total. The van der Waals surface area contributed by atoms with Crippen LogP contribution >= 0.6 is 25.3 Å². The van der Waals surface area contributed by atoms with Crippen molar-refractivity contribution in [3.8, 4) is 0 Å². The highest BCUT2D eigenvalue weighted by Crippen LogP contribution is 2.08. The summed E-state index contributed by atoms with van der Waals surface area (Å²) in [6, 6.07) is -12.4. The Labute approximate surface area is 384 Å². The molecule has 0 fully saturated rings. The van der Waals surface area contributed by atoms with Crippen LogP contribution in [-0.2, 0) is 47.9 Å². The first-order valence-electron chi connectivity index (χ1n) is 19.9. The lowest BCUT2D eigenvalue weighted by molar-refractivity contribution is -0.144. The lowest BCUT2D eigenvalue weighted by atomic mass is 10.0. The van der Waals surface area contributed by atoms with Crippen LogP contribution in [0.4, 0.5) is 0 Å². The Morgan fingerprint density at radius 2 is 0.908 bits per heavy atom. The van der Waals surface area contributed by atoms with Gasteiger partial charge in [0, 0.05) is 24.6 Å². The van der Waals surface area contributed by atoms with Crippen LogP contribution in [-0.4, -0.2) is 165 Å². The number of aliphatic carboxylic acids is 2. The number of rotatable bonds is 31. The highest BCUT2D eigenvalue weighted by Gasteiger charge is 2.36. The Morgan fingerprint density at radius 1 is 0.523 bits per heavy atom. The van der Waals surface area contributed by atoms with Gasteiger partial charge in [-0.15, -0.1) is 0 Å². The number of nitrogens with zero attached hydrogens (tertiary/aromatic N) is 2. The van der Waals surface area contributed by atoms with Crippen molar-refractivity contribution in [2.75, 3.05) is 24.6 Å². The lowest BCUT2D eigenvalue weighted by Gasteiger charge is -2.28. The molecular formula is C35H63N15O13S2. The number of amides is 8. The number of nitrogens with two attached hydrogens (primary N) is 6. The van der Waals surface area contributed by atoms with Crippen molar-refractivity contribution >= 4 is 96.4 Å². The molecule has 0 aromatic carbocycles. The van der Waals surface area contributed by atoms with Gasteiger partial charge in [-0.3, -0.25) is 53.1 Å². The standard InChI is InChI=1S/C35H63N15O13S2/c1-14(2)24(49-30(59)21(13-65)48-32(61)25(15(3)51)50-26(55)16(36)10-22(37)52)31(60)47-20(12-64)29(58)44-17(6-4-8-42-34(38)39)27(56)46-19(11-23(53)54)28(57)45-18(33(62)63)7-5-9-43-35(40)41/h14-21,24-25,51,64-65H,4-13,36H2,1-3H3,(H2,37,52)(H,44,58)(H,45,57)(H,46,56)(H,47,60)(H,48,61)(H,49,59)(H,50,55)(H,53,54)(H,62,63)(H4,38,39,42)(H4,40,41,43)/t15-,16+,17+,18+,19+,20+,21+,24+,25+/m1/s1. The molecule has 0 aliphatic heterocycles. The minimum absolute atomic E-state index is 0.0179. The van der Waals surface area contributed by atoms with Crippen molar-refractivity contribution in [2.24, 2.45) is 50.3 Å². The Morgan fingerprint density at radius 3 is 1.32 bits per heavy atom. The van der Waals surface area contributed by atoms with Gasteiger partial charge in [0.2, 0.25) is 47.3 Å². The van der Waals surface area contributed by atoms with Crippen molar-refractivity contribution in [3.05, 3.63) is 0 Å². The first kappa shape index (κ1) is 58.9. The Hall–Kier alpha value is -6.14. The number of guanidine groups is 2. The SMILES string of the molecule is CC(C)[C@H](NC(=O)[C@H](CS)NC(=O)[C@@H](NC(=O)[C@@H](N)CC(N)=O)[C@@H](C)O)C(=O)N[C@@H](CS)C(=O)N[C@@H](CCCN=C(N)N)C(=O)N[C@@H](CC(=O)O)C(=O)N[C@@H](CCCN=C(N)N)C(=O)O. The third-order valence-corrected chi connectivity index (χ3v) is 9.58. The second-order valence-corrected chi connectivity index (χ2v) is 15.5. The summed E-state index contributed by atoms with van der Waals surface area (Å²) in [5.74, 6) is -13.1. The number of thiol groups is 2. The zero-order valence-corrected chi connectivity index (χ0v) is 37.8. The Kier molecular flexibility index (Phi) is 27.2. The van der Waals surface area contributed by atoms with Gasteiger partial charge in [0.05, 0.1) is 25.0 Å². The predicted molar refractivity (Wildman–Crippen MR) is 239 cm³/mol. The van der Waals surface area contributed by atoms with Crippen LogP contribution in [0.25, 0.3) is 0 Å². The van der Waals surface area contributed by atoms with Gasteiger partial charge >= 0.3 is 11.9 Å². The lowest BCUT2D eigenvalue weighted by Crippen LogP contribution is -2.62. The predicted octanol–water partition coefficient (Wildman–Crippen LogP) is -7.85. The minimum atomic E-state index is -1.85. The van der Waals surface area contributed by atoms with Gasteiger partial charge in [-0.1, -0.05) is 13.8 Å². The molecule has 0 rings (SSSR count). The number of carbonyl (C=O) groups is 10. The van der Waals surface area contributed by atoms with E-state index < -0.39 is 132 Å². The van der Waals surface area contributed by atoms with E-state index in [4.69, 9.17) is 34.4 Å². The van der Waals surface area contributed by atoms with Crippen molar-refractivity contribution < 1.29 is 63.3 Å². The van der Waals surface area contributed by atoms with Gasteiger partial charge in [-0.2, -0.15) is 25.3 Å². The fourth-order valence-electron chi connectivity index (χ4n) is 5.41. The summed E-state index contributed by atoms with van der Waals surface area (Å²) in [6.07, 6.45) is -3.35. The molecule has 65 heavy (non-hydrogen) atoms. The highest BCUT2D eigenvalue weighted by atomic mass is 32.1. The van der Waals surface area contributed by atoms with E-state index in [1.165, 1.54) is 13.8 Å². The quantitative estimate of drug-likeness (QED) is 0.0133. The van der Waals surface area contributed by atoms with E-state index in [1.807, 2.05) is 0 Å². The van der Waals surface area contributed by atoms with Gasteiger partial charge in [0.15, 0.2) is 11.9 Å². The van der Waals surface area contributed by atoms with Gasteiger partial charge in [0.1, 0.15) is 42.3 Å². The smallest absolute Gasteiger partial charge is 0.326 e. The molecule has 0 aliphatic rings. The fraction of sp³-hybridized carbons (Fsp3) is 0.657. The second-order valence-electron chi connectivity index (χ2n) is 14.7. The van der Waals surface area contributed by atoms with Crippen LogP contribution in [0.3, 0.4) is 0 Å². The van der Waals surface area contributed by atoms with Gasteiger partial charge < -0.3 is 86.9 Å². The van der Waals surface area contributed by atoms with E-state index in [1.54, 1.807) is 0 Å². The average Bonchev–Trinajstić information content (AvgIpc) is 3.20. The molecule has 0 saturated carbocycles. The molecule has 9 atom stereocenters. The molecule has 0 radical (unpaired) electrons. The van der Waals surface area contributed by atoms with E-state index >= 15 is 0 Å². The topological polar surface area (TPSA) is 496 Å². The average molecular weight is 966 g/mol. The number of hydrogen-bond acceptors (Lipinski definition) is 16. The summed E-state index contributed by atoms with van der Waals surface area (Å²) < 4.78 is 0. The molecule has 0 saturated heterocycles. The molecule has 0 aliphatic carbocycles. The normalized spacial score (nSPS) is 15.0. The van der Waals surface area contributed by atoms with E-state index in [9.17, 15) is 63.3 Å². The van der Waals surface area contributed by atoms with Gasteiger partial charge in [-0.05, 0) is 38.5 Å². The molecule has 0 unspecified atom stereocenters. The van der Waals surface area contributed by atoms with Crippen molar-refractivity contribution in [1.82, 2.24) is 37.2 Å². The zero-order chi connectivity index (χ0) is 50.1. The number of aliphatic hydroxyl groups is 1. The third kappa shape index (κ3) is 23.4. The monoisotopic (exact) mass is 965 g/mol. The number of primary amides is 1. The summed E-state index contributed by atoms with van der Waals surface area (Å²) in [4.78, 5) is 135. The summed E-state index contributed by atoms with van der Waals surface area (Å²) in [5.41, 5.74) is 32.0. The molecule has 368 valence electrons. The maximum atomic E-state index is 13.6. The summed E-state index contributed by atoms with van der Waals surface area (Å²) in [7, 11) is 0. The van der Waals surface area contributed by atoms with Crippen LogP contribution < -0.4 is 71.6 Å². The van der Waals surface area contributed by atoms with Gasteiger partial charge in [-0.25, -0.2) is 4.79 Å². The summed E-state index contributed by atoms with van der Waals surface area (Å²) in [6.45, 7) is 4.20. The Balaban J connectivity index is 6.23. The van der Waals surface area contributed by atoms with E-state index in [-0.39, 0.29) is 62.2 Å². The molecule has 30 heteroatoms. The molecular weight excluding hydrogens is 903 g/mol. The summed E-state index contributed by atoms with van der Waals surface area (Å²) >= 11 is 8.25. The number of aliphatic hydroxyl groups excluding tert-OH is 1. The van der Waals surface area contributed by atoms with E-state index in [0.29, 0.717) is 0 Å². The van der Waals surface area contributed by atoms with Crippen molar-refractivity contribution in [3.63, 3.8) is 0 Å². The molecule has 0 aromatic rings. The maximum Gasteiger partial charge on any atom is 0.326 e. The number of aliphatic imine (C=N–C) groups is 2. The Bertz CT molecular complexity index is 1750. The van der Waals surface area contributed by atoms with Crippen LogP contribution in [0, 0.1) is 5.92 Å². The molecule has 0 bridgehead atoms. The van der Waals surface area contributed by atoms with Crippen LogP contribution in [0.2, 0.25) is 0 Å². The van der Waals surface area contributed by atoms with Crippen LogP contribution in [0.1, 0.15) is 59.3 Å². The molecule has 28 nitrogen and oxygen atoms in total. The number of carboxylic acid groups (broad SMARTS) is 2. The summed E-state index contributed by atoms with van der Waals surface area (Å²) in [5, 5.41) is 45.5. The maximum absolute atomic E-state index is 13.6. The molecule has 8 amide bonds. The highest BCUT2D eigenvalue weighted by molar-refractivity contribution is 7.80. The number of nitrogens with one attached hydrogen (secondary N) is 7.